The zero-order valence-electron chi connectivity index (χ0n) is 15.0. The predicted molar refractivity (Wildman–Crippen MR) is 114 cm³/mol. The fourth-order valence-electron chi connectivity index (χ4n) is 2.49. The molecule has 3 rings (SSSR count). The monoisotopic (exact) mass is 469 g/mol. The van der Waals surface area contributed by atoms with E-state index < -0.39 is 0 Å². The minimum Gasteiger partial charge on any atom is -0.497 e. The Morgan fingerprint density at radius 2 is 1.81 bits per heavy atom. The minimum atomic E-state index is 0. The maximum Gasteiger partial charge on any atom is 0.195 e. The Hall–Kier alpha value is -2.16. The molecule has 1 aliphatic heterocycles. The molecular formula is C19H24IN3O3. The maximum absolute atomic E-state index is 5.72. The van der Waals surface area contributed by atoms with E-state index in [4.69, 9.17) is 14.2 Å². The van der Waals surface area contributed by atoms with Crippen molar-refractivity contribution < 1.29 is 14.2 Å². The number of benzene rings is 2. The Morgan fingerprint density at radius 1 is 1.08 bits per heavy atom. The van der Waals surface area contributed by atoms with Crippen molar-refractivity contribution in [3.05, 3.63) is 48.0 Å². The fourth-order valence-corrected chi connectivity index (χ4v) is 2.49. The first kappa shape index (κ1) is 20.2. The van der Waals surface area contributed by atoms with Gasteiger partial charge in [-0.1, -0.05) is 12.1 Å². The van der Waals surface area contributed by atoms with Gasteiger partial charge in [-0.15, -0.1) is 24.0 Å². The van der Waals surface area contributed by atoms with Crippen molar-refractivity contribution in [3.8, 4) is 17.2 Å². The summed E-state index contributed by atoms with van der Waals surface area (Å²) in [5.74, 6) is 3.07. The van der Waals surface area contributed by atoms with Gasteiger partial charge in [0.15, 0.2) is 17.5 Å². The van der Waals surface area contributed by atoms with Crippen LogP contribution < -0.4 is 24.8 Å². The molecule has 0 aliphatic carbocycles. The quantitative estimate of drug-likeness (QED) is 0.407. The van der Waals surface area contributed by atoms with Gasteiger partial charge in [-0.05, 0) is 29.8 Å². The summed E-state index contributed by atoms with van der Waals surface area (Å²) in [7, 11) is 3.40. The van der Waals surface area contributed by atoms with Crippen LogP contribution >= 0.6 is 24.0 Å². The van der Waals surface area contributed by atoms with Crippen LogP contribution in [-0.2, 0) is 6.54 Å². The third kappa shape index (κ3) is 5.42. The Balaban J connectivity index is 0.00000243. The fraction of sp³-hybridized carbons (Fsp3) is 0.316. The summed E-state index contributed by atoms with van der Waals surface area (Å²) in [6.45, 7) is 2.01. The van der Waals surface area contributed by atoms with Gasteiger partial charge in [0.25, 0.3) is 0 Å². The SMILES string of the molecule is CN=C(NCc1ccc(OC)cc1)Nc1ccc2c(c1)OCCCO2.I. The Labute approximate surface area is 171 Å². The summed E-state index contributed by atoms with van der Waals surface area (Å²) >= 11 is 0. The highest BCUT2D eigenvalue weighted by Gasteiger charge is 2.11. The van der Waals surface area contributed by atoms with Crippen LogP contribution in [0.3, 0.4) is 0 Å². The van der Waals surface area contributed by atoms with Crippen LogP contribution in [0, 0.1) is 0 Å². The highest BCUT2D eigenvalue weighted by atomic mass is 127. The van der Waals surface area contributed by atoms with Crippen LogP contribution in [0.2, 0.25) is 0 Å². The first-order valence-electron chi connectivity index (χ1n) is 8.29. The van der Waals surface area contributed by atoms with Crippen LogP contribution in [0.15, 0.2) is 47.5 Å². The van der Waals surface area contributed by atoms with E-state index in [2.05, 4.69) is 15.6 Å². The largest absolute Gasteiger partial charge is 0.497 e. The average Bonchev–Trinajstić information content (AvgIpc) is 2.90. The van der Waals surface area contributed by atoms with Crippen molar-refractivity contribution >= 4 is 35.6 Å². The van der Waals surface area contributed by atoms with Gasteiger partial charge in [-0.3, -0.25) is 4.99 Å². The van der Waals surface area contributed by atoms with Crippen LogP contribution in [0.25, 0.3) is 0 Å². The number of nitrogens with one attached hydrogen (secondary N) is 2. The van der Waals surface area contributed by atoms with E-state index in [1.165, 1.54) is 0 Å². The van der Waals surface area contributed by atoms with Crippen LogP contribution in [0.1, 0.15) is 12.0 Å². The molecule has 0 bridgehead atoms. The lowest BCUT2D eigenvalue weighted by Crippen LogP contribution is -2.30. The number of methoxy groups -OCH3 is 1. The van der Waals surface area contributed by atoms with Gasteiger partial charge < -0.3 is 24.8 Å². The molecule has 2 N–H and O–H groups in total. The Bertz CT molecular complexity index is 735. The second-order valence-electron chi connectivity index (χ2n) is 5.61. The van der Waals surface area contributed by atoms with E-state index in [-0.39, 0.29) is 24.0 Å². The normalized spacial score (nSPS) is 13.2. The molecule has 0 spiro atoms. The van der Waals surface area contributed by atoms with Gasteiger partial charge in [0, 0.05) is 31.8 Å². The number of anilines is 1. The van der Waals surface area contributed by atoms with E-state index in [9.17, 15) is 0 Å². The highest BCUT2D eigenvalue weighted by molar-refractivity contribution is 14.0. The molecule has 1 aliphatic rings. The molecule has 0 aromatic heterocycles. The number of hydrogen-bond donors (Lipinski definition) is 2. The first-order chi connectivity index (χ1) is 12.3. The zero-order valence-corrected chi connectivity index (χ0v) is 17.3. The number of ether oxygens (including phenoxy) is 3. The summed E-state index contributed by atoms with van der Waals surface area (Å²) in [5.41, 5.74) is 2.04. The summed E-state index contributed by atoms with van der Waals surface area (Å²) in [5, 5.41) is 6.56. The van der Waals surface area contributed by atoms with Crippen molar-refractivity contribution in [2.45, 2.75) is 13.0 Å². The van der Waals surface area contributed by atoms with Gasteiger partial charge in [-0.2, -0.15) is 0 Å². The van der Waals surface area contributed by atoms with E-state index in [0.717, 1.165) is 34.9 Å². The molecule has 0 atom stereocenters. The number of halogens is 1. The van der Waals surface area contributed by atoms with Gasteiger partial charge in [0.1, 0.15) is 5.75 Å². The Morgan fingerprint density at radius 3 is 2.50 bits per heavy atom. The Kier molecular flexibility index (Phi) is 7.83. The number of fused-ring (bicyclic) bond motifs is 1. The molecule has 0 fully saturated rings. The lowest BCUT2D eigenvalue weighted by Gasteiger charge is -2.14. The molecule has 0 amide bonds. The lowest BCUT2D eigenvalue weighted by molar-refractivity contribution is 0.297. The molecule has 26 heavy (non-hydrogen) atoms. The second-order valence-corrected chi connectivity index (χ2v) is 5.61. The van der Waals surface area contributed by atoms with Gasteiger partial charge in [-0.25, -0.2) is 0 Å². The van der Waals surface area contributed by atoms with Crippen LogP contribution in [-0.4, -0.2) is 33.3 Å². The molecule has 0 saturated heterocycles. The molecule has 2 aromatic carbocycles. The van der Waals surface area contributed by atoms with Crippen molar-refractivity contribution in [1.82, 2.24) is 5.32 Å². The number of rotatable bonds is 4. The van der Waals surface area contributed by atoms with E-state index in [1.807, 2.05) is 42.5 Å². The molecule has 140 valence electrons. The van der Waals surface area contributed by atoms with Crippen molar-refractivity contribution in [1.29, 1.82) is 0 Å². The highest BCUT2D eigenvalue weighted by Crippen LogP contribution is 2.32. The van der Waals surface area contributed by atoms with E-state index in [1.54, 1.807) is 14.2 Å². The molecule has 6 nitrogen and oxygen atoms in total. The lowest BCUT2D eigenvalue weighted by atomic mass is 10.2. The van der Waals surface area contributed by atoms with Crippen LogP contribution in [0.4, 0.5) is 5.69 Å². The summed E-state index contributed by atoms with van der Waals surface area (Å²) < 4.78 is 16.5. The van der Waals surface area contributed by atoms with Gasteiger partial charge >= 0.3 is 0 Å². The summed E-state index contributed by atoms with van der Waals surface area (Å²) in [6.07, 6.45) is 0.891. The predicted octanol–water partition coefficient (Wildman–Crippen LogP) is 3.66. The molecule has 0 radical (unpaired) electrons. The first-order valence-corrected chi connectivity index (χ1v) is 8.29. The van der Waals surface area contributed by atoms with E-state index >= 15 is 0 Å². The zero-order chi connectivity index (χ0) is 17.5. The van der Waals surface area contributed by atoms with E-state index in [0.29, 0.717) is 25.7 Å². The average molecular weight is 469 g/mol. The van der Waals surface area contributed by atoms with Gasteiger partial charge in [0.05, 0.1) is 20.3 Å². The number of guanidine groups is 1. The molecule has 0 unspecified atom stereocenters. The molecular weight excluding hydrogens is 445 g/mol. The molecule has 7 heteroatoms. The van der Waals surface area contributed by atoms with Crippen LogP contribution in [0.5, 0.6) is 17.2 Å². The topological polar surface area (TPSA) is 64.1 Å². The molecule has 0 saturated carbocycles. The summed E-state index contributed by atoms with van der Waals surface area (Å²) in [4.78, 5) is 4.26. The second kappa shape index (κ2) is 10.1. The van der Waals surface area contributed by atoms with Crippen molar-refractivity contribution in [3.63, 3.8) is 0 Å². The van der Waals surface area contributed by atoms with Crippen molar-refractivity contribution in [2.24, 2.45) is 4.99 Å². The smallest absolute Gasteiger partial charge is 0.195 e. The number of aliphatic imine (C=N–C) groups is 1. The third-order valence-corrected chi connectivity index (χ3v) is 3.85. The third-order valence-electron chi connectivity index (χ3n) is 3.85. The number of nitrogens with zero attached hydrogens (tertiary/aromatic N) is 1. The standard InChI is InChI=1S/C19H23N3O3.HI/c1-20-19(21-13-14-4-7-16(23-2)8-5-14)22-15-6-9-17-18(12-15)25-11-3-10-24-17;/h4-9,12H,3,10-11,13H2,1-2H3,(H2,20,21,22);1H. The van der Waals surface area contributed by atoms with Gasteiger partial charge in [0.2, 0.25) is 0 Å². The maximum atomic E-state index is 5.72. The number of hydrogen-bond acceptors (Lipinski definition) is 4. The minimum absolute atomic E-state index is 0. The molecule has 2 aromatic rings. The summed E-state index contributed by atoms with van der Waals surface area (Å²) in [6, 6.07) is 13.7. The van der Waals surface area contributed by atoms with Crippen molar-refractivity contribution in [2.75, 3.05) is 32.7 Å². The molecule has 1 heterocycles.